The van der Waals surface area contributed by atoms with Crippen LogP contribution in [0.5, 0.6) is 0 Å². The summed E-state index contributed by atoms with van der Waals surface area (Å²) in [4.78, 5) is 18.4. The van der Waals surface area contributed by atoms with Crippen LogP contribution in [0.25, 0.3) is 0 Å². The lowest BCUT2D eigenvalue weighted by Gasteiger charge is -2.41. The lowest BCUT2D eigenvalue weighted by molar-refractivity contribution is 0.0600. The molecule has 1 saturated heterocycles. The van der Waals surface area contributed by atoms with Crippen LogP contribution in [-0.2, 0) is 4.74 Å². The van der Waals surface area contributed by atoms with Crippen LogP contribution in [-0.4, -0.2) is 36.7 Å². The fourth-order valence-corrected chi connectivity index (χ4v) is 2.77. The van der Waals surface area contributed by atoms with Crippen LogP contribution >= 0.6 is 0 Å². The Morgan fingerprint density at radius 3 is 3.05 bits per heavy atom. The van der Waals surface area contributed by atoms with Crippen LogP contribution in [0.15, 0.2) is 18.3 Å². The van der Waals surface area contributed by atoms with Crippen LogP contribution in [0.2, 0.25) is 0 Å². The number of carbonyl (C=O) groups excluding carboxylic acids is 1. The van der Waals surface area contributed by atoms with Crippen molar-refractivity contribution in [2.24, 2.45) is 5.73 Å². The lowest BCUT2D eigenvalue weighted by Crippen LogP contribution is -2.50. The summed E-state index contributed by atoms with van der Waals surface area (Å²) in [6.45, 7) is 2.72. The van der Waals surface area contributed by atoms with Crippen LogP contribution in [0, 0.1) is 0 Å². The molecule has 2 heterocycles. The van der Waals surface area contributed by atoms with E-state index in [2.05, 4.69) is 16.8 Å². The second-order valence-corrected chi connectivity index (χ2v) is 4.94. The Balaban J connectivity index is 2.41. The molecule has 0 aliphatic carbocycles. The minimum atomic E-state index is -0.350. The zero-order valence-corrected chi connectivity index (χ0v) is 11.5. The summed E-state index contributed by atoms with van der Waals surface area (Å²) in [5, 5.41) is 0. The van der Waals surface area contributed by atoms with Gasteiger partial charge in [0, 0.05) is 24.8 Å². The van der Waals surface area contributed by atoms with Gasteiger partial charge >= 0.3 is 5.97 Å². The van der Waals surface area contributed by atoms with E-state index in [0.29, 0.717) is 24.0 Å². The topological polar surface area (TPSA) is 68.5 Å². The molecule has 5 nitrogen and oxygen atoms in total. The van der Waals surface area contributed by atoms with Crippen LogP contribution < -0.4 is 10.6 Å². The van der Waals surface area contributed by atoms with E-state index in [0.717, 1.165) is 12.8 Å². The van der Waals surface area contributed by atoms with Crippen molar-refractivity contribution in [1.29, 1.82) is 0 Å². The van der Waals surface area contributed by atoms with E-state index < -0.39 is 0 Å². The van der Waals surface area contributed by atoms with Gasteiger partial charge in [-0.2, -0.15) is 0 Å². The predicted octanol–water partition coefficient (Wildman–Crippen LogP) is 1.57. The lowest BCUT2D eigenvalue weighted by atomic mass is 9.95. The molecule has 1 aliphatic rings. The molecule has 0 radical (unpaired) electrons. The molecule has 0 aromatic carbocycles. The fraction of sp³-hybridized carbons (Fsp3) is 0.571. The minimum Gasteiger partial charge on any atom is -0.465 e. The first kappa shape index (κ1) is 13.8. The number of piperidine rings is 1. The number of hydrogen-bond acceptors (Lipinski definition) is 5. The van der Waals surface area contributed by atoms with E-state index in [1.165, 1.54) is 13.5 Å². The molecule has 2 rings (SSSR count). The zero-order chi connectivity index (χ0) is 13.8. The number of nitrogens with zero attached hydrogens (tertiary/aromatic N) is 2. The Hall–Kier alpha value is -1.62. The van der Waals surface area contributed by atoms with Crippen LogP contribution in [0.3, 0.4) is 0 Å². The number of esters is 1. The van der Waals surface area contributed by atoms with E-state index in [-0.39, 0.29) is 12.0 Å². The van der Waals surface area contributed by atoms with Crippen molar-refractivity contribution < 1.29 is 9.53 Å². The molecule has 0 saturated carbocycles. The summed E-state index contributed by atoms with van der Waals surface area (Å²) >= 11 is 0. The van der Waals surface area contributed by atoms with Gasteiger partial charge in [0.15, 0.2) is 0 Å². The first-order valence-electron chi connectivity index (χ1n) is 6.70. The molecule has 19 heavy (non-hydrogen) atoms. The molecule has 0 spiro atoms. The standard InChI is InChI=1S/C14H21N3O2/c1-10-5-3-6-11(9-15)17(10)13-12(14(18)19-2)7-4-8-16-13/h4,7-8,10-11H,3,5-6,9,15H2,1-2H3. The average molecular weight is 263 g/mol. The second-order valence-electron chi connectivity index (χ2n) is 4.94. The van der Waals surface area contributed by atoms with Gasteiger partial charge in [-0.25, -0.2) is 9.78 Å². The predicted molar refractivity (Wildman–Crippen MR) is 74.2 cm³/mol. The molecule has 2 N–H and O–H groups in total. The highest BCUT2D eigenvalue weighted by Crippen LogP contribution is 2.30. The maximum Gasteiger partial charge on any atom is 0.341 e. The largest absolute Gasteiger partial charge is 0.465 e. The Kier molecular flexibility index (Phi) is 4.37. The van der Waals surface area contributed by atoms with Crippen molar-refractivity contribution in [3.05, 3.63) is 23.9 Å². The number of rotatable bonds is 3. The molecule has 2 atom stereocenters. The number of hydrogen-bond donors (Lipinski definition) is 1. The van der Waals surface area contributed by atoms with E-state index >= 15 is 0 Å². The smallest absolute Gasteiger partial charge is 0.341 e. The number of ether oxygens (including phenoxy) is 1. The molecule has 0 bridgehead atoms. The maximum atomic E-state index is 11.9. The van der Waals surface area contributed by atoms with Crippen LogP contribution in [0.4, 0.5) is 5.82 Å². The third kappa shape index (κ3) is 2.71. The summed E-state index contributed by atoms with van der Waals surface area (Å²) in [5.41, 5.74) is 6.38. The van der Waals surface area contributed by atoms with Crippen molar-refractivity contribution in [3.63, 3.8) is 0 Å². The number of carbonyl (C=O) groups is 1. The van der Waals surface area contributed by atoms with Crippen molar-refractivity contribution in [2.45, 2.75) is 38.3 Å². The van der Waals surface area contributed by atoms with Gasteiger partial charge in [0.25, 0.3) is 0 Å². The van der Waals surface area contributed by atoms with Crippen molar-refractivity contribution in [2.75, 3.05) is 18.6 Å². The highest BCUT2D eigenvalue weighted by Gasteiger charge is 2.30. The van der Waals surface area contributed by atoms with Gasteiger partial charge in [0.2, 0.25) is 0 Å². The van der Waals surface area contributed by atoms with Gasteiger partial charge in [0.05, 0.1) is 7.11 Å². The Bertz CT molecular complexity index is 450. The Morgan fingerprint density at radius 1 is 1.58 bits per heavy atom. The number of aromatic nitrogens is 1. The quantitative estimate of drug-likeness (QED) is 0.838. The number of pyridine rings is 1. The third-order valence-corrected chi connectivity index (χ3v) is 3.74. The van der Waals surface area contributed by atoms with Crippen molar-refractivity contribution in [1.82, 2.24) is 4.98 Å². The molecular formula is C14H21N3O2. The van der Waals surface area contributed by atoms with E-state index in [1.807, 2.05) is 0 Å². The summed E-state index contributed by atoms with van der Waals surface area (Å²) in [7, 11) is 1.39. The van der Waals surface area contributed by atoms with Gasteiger partial charge in [-0.05, 0) is 38.3 Å². The van der Waals surface area contributed by atoms with Crippen LogP contribution in [0.1, 0.15) is 36.5 Å². The summed E-state index contributed by atoms with van der Waals surface area (Å²) < 4.78 is 4.84. The van der Waals surface area contributed by atoms with Crippen molar-refractivity contribution in [3.8, 4) is 0 Å². The first-order chi connectivity index (χ1) is 9.19. The Labute approximate surface area is 113 Å². The van der Waals surface area contributed by atoms with E-state index in [4.69, 9.17) is 10.5 Å². The number of methoxy groups -OCH3 is 1. The molecule has 104 valence electrons. The average Bonchev–Trinajstić information content (AvgIpc) is 2.46. The third-order valence-electron chi connectivity index (χ3n) is 3.74. The molecule has 1 fully saturated rings. The second kappa shape index (κ2) is 6.02. The van der Waals surface area contributed by atoms with Gasteiger partial charge in [-0.15, -0.1) is 0 Å². The fourth-order valence-electron chi connectivity index (χ4n) is 2.77. The molecule has 5 heteroatoms. The minimum absolute atomic E-state index is 0.238. The number of nitrogens with two attached hydrogens (primary N) is 1. The Morgan fingerprint density at radius 2 is 2.37 bits per heavy atom. The monoisotopic (exact) mass is 263 g/mol. The highest BCUT2D eigenvalue weighted by molar-refractivity contribution is 5.94. The SMILES string of the molecule is COC(=O)c1cccnc1N1C(C)CCCC1CN. The van der Waals surface area contributed by atoms with E-state index in [9.17, 15) is 4.79 Å². The van der Waals surface area contributed by atoms with Gasteiger partial charge < -0.3 is 15.4 Å². The molecule has 1 aliphatic heterocycles. The first-order valence-corrected chi connectivity index (χ1v) is 6.70. The highest BCUT2D eigenvalue weighted by atomic mass is 16.5. The molecular weight excluding hydrogens is 242 g/mol. The zero-order valence-electron chi connectivity index (χ0n) is 11.5. The van der Waals surface area contributed by atoms with Gasteiger partial charge in [-0.3, -0.25) is 0 Å². The van der Waals surface area contributed by atoms with Gasteiger partial charge in [0.1, 0.15) is 11.4 Å². The molecule has 2 unspecified atom stereocenters. The maximum absolute atomic E-state index is 11.9. The summed E-state index contributed by atoms with van der Waals surface area (Å²) in [6.07, 6.45) is 5.00. The van der Waals surface area contributed by atoms with E-state index in [1.54, 1.807) is 18.3 Å². The summed E-state index contributed by atoms with van der Waals surface area (Å²) in [6, 6.07) is 4.08. The normalized spacial score (nSPS) is 23.2. The number of anilines is 1. The molecule has 0 amide bonds. The summed E-state index contributed by atoms with van der Waals surface area (Å²) in [5.74, 6) is 0.341. The molecule has 1 aromatic rings. The van der Waals surface area contributed by atoms with Crippen molar-refractivity contribution >= 4 is 11.8 Å². The molecule has 1 aromatic heterocycles. The van der Waals surface area contributed by atoms with Gasteiger partial charge in [-0.1, -0.05) is 0 Å².